The Morgan fingerprint density at radius 3 is 2.88 bits per heavy atom. The van der Waals surface area contributed by atoms with Gasteiger partial charge < -0.3 is 4.57 Å². The van der Waals surface area contributed by atoms with Crippen LogP contribution in [0.2, 0.25) is 0 Å². The van der Waals surface area contributed by atoms with Gasteiger partial charge in [-0.15, -0.1) is 0 Å². The first-order chi connectivity index (χ1) is 8.00. The Morgan fingerprint density at radius 1 is 1.53 bits per heavy atom. The molecule has 0 saturated carbocycles. The van der Waals surface area contributed by atoms with Gasteiger partial charge >= 0.3 is 0 Å². The van der Waals surface area contributed by atoms with Crippen LogP contribution in [0.3, 0.4) is 0 Å². The van der Waals surface area contributed by atoms with Crippen LogP contribution in [-0.2, 0) is 21.4 Å². The van der Waals surface area contributed by atoms with E-state index in [-0.39, 0.29) is 5.03 Å². The van der Waals surface area contributed by atoms with Crippen LogP contribution in [0, 0.1) is 5.92 Å². The summed E-state index contributed by atoms with van der Waals surface area (Å²) in [5.41, 5.74) is 0. The van der Waals surface area contributed by atoms with Crippen molar-refractivity contribution in [2.24, 2.45) is 5.92 Å². The fourth-order valence-corrected chi connectivity index (χ4v) is 2.95. The van der Waals surface area contributed by atoms with Crippen molar-refractivity contribution in [2.75, 3.05) is 13.2 Å². The van der Waals surface area contributed by atoms with E-state index in [0.717, 1.165) is 17.4 Å². The summed E-state index contributed by atoms with van der Waals surface area (Å²) in [5.74, 6) is 0.447. The number of sulfonamides is 1. The summed E-state index contributed by atoms with van der Waals surface area (Å²) in [7, 11) is -3.57. The first kappa shape index (κ1) is 12.5. The normalized spacial score (nSPS) is 18.1. The quantitative estimate of drug-likeness (QED) is 0.804. The molecule has 0 amide bonds. The summed E-state index contributed by atoms with van der Waals surface area (Å²) < 4.78 is 26.9. The van der Waals surface area contributed by atoms with Gasteiger partial charge in [0.2, 0.25) is 0 Å². The fraction of sp³-hybridized carbons (Fsp3) is 0.700. The van der Waals surface area contributed by atoms with Crippen LogP contribution in [0.5, 0.6) is 0 Å². The summed E-state index contributed by atoms with van der Waals surface area (Å²) in [6.45, 7) is 5.74. The van der Waals surface area contributed by atoms with Crippen molar-refractivity contribution in [3.05, 3.63) is 12.5 Å². The van der Waals surface area contributed by atoms with Gasteiger partial charge in [-0.2, -0.15) is 0 Å². The Kier molecular flexibility index (Phi) is 3.50. The Morgan fingerprint density at radius 2 is 2.29 bits per heavy atom. The number of rotatable bonds is 4. The van der Waals surface area contributed by atoms with E-state index in [1.54, 1.807) is 17.1 Å². The van der Waals surface area contributed by atoms with Crippen LogP contribution in [-0.4, -0.2) is 35.6 Å². The third-order valence-corrected chi connectivity index (χ3v) is 4.00. The lowest BCUT2D eigenvalue weighted by Gasteiger charge is -2.11. The Balaban J connectivity index is 2.18. The van der Waals surface area contributed by atoms with E-state index in [9.17, 15) is 8.42 Å². The molecule has 1 aliphatic heterocycles. The molecule has 0 aliphatic carbocycles. The molecule has 0 atom stereocenters. The summed E-state index contributed by atoms with van der Waals surface area (Å²) in [6.07, 6.45) is 3.83. The Hall–Kier alpha value is -0.920. The standard InChI is InChI=1S/C10H17N3O3S/c1-9(2)6-12-7-10(11-8-12)17(14,15)13-4-3-5-16-13/h7-9H,3-6H2,1-2H3. The van der Waals surface area contributed by atoms with Crippen molar-refractivity contribution in [1.82, 2.24) is 14.0 Å². The molecule has 1 aromatic heterocycles. The fourth-order valence-electron chi connectivity index (χ4n) is 1.71. The minimum atomic E-state index is -3.57. The smallest absolute Gasteiger partial charge is 0.283 e. The molecule has 1 saturated heterocycles. The zero-order valence-electron chi connectivity index (χ0n) is 10.0. The second-order valence-corrected chi connectivity index (χ2v) is 6.30. The number of nitrogens with zero attached hydrogens (tertiary/aromatic N) is 3. The van der Waals surface area contributed by atoms with Gasteiger partial charge in [0.05, 0.1) is 12.9 Å². The van der Waals surface area contributed by atoms with Crippen molar-refractivity contribution in [3.8, 4) is 0 Å². The topological polar surface area (TPSA) is 64.4 Å². The number of hydroxylamine groups is 1. The van der Waals surface area contributed by atoms with E-state index in [4.69, 9.17) is 4.84 Å². The first-order valence-electron chi connectivity index (χ1n) is 5.67. The van der Waals surface area contributed by atoms with Gasteiger partial charge in [0.1, 0.15) is 0 Å². The van der Waals surface area contributed by atoms with Gasteiger partial charge in [0.25, 0.3) is 10.0 Å². The van der Waals surface area contributed by atoms with Gasteiger partial charge in [-0.25, -0.2) is 13.4 Å². The molecule has 1 fully saturated rings. The highest BCUT2D eigenvalue weighted by atomic mass is 32.2. The second-order valence-electron chi connectivity index (χ2n) is 4.52. The SMILES string of the molecule is CC(C)Cn1cnc(S(=O)(=O)N2CCCO2)c1. The summed E-state index contributed by atoms with van der Waals surface area (Å²) in [5, 5.41) is 0.0556. The van der Waals surface area contributed by atoms with Gasteiger partial charge in [0.15, 0.2) is 5.03 Å². The summed E-state index contributed by atoms with van der Waals surface area (Å²) in [4.78, 5) is 9.00. The van der Waals surface area contributed by atoms with Crippen molar-refractivity contribution >= 4 is 10.0 Å². The predicted octanol–water partition coefficient (Wildman–Crippen LogP) is 0.865. The molecule has 2 rings (SSSR count). The lowest BCUT2D eigenvalue weighted by Crippen LogP contribution is -2.27. The second kappa shape index (κ2) is 4.75. The van der Waals surface area contributed by atoms with E-state index >= 15 is 0 Å². The average Bonchev–Trinajstić information content (AvgIpc) is 2.85. The van der Waals surface area contributed by atoms with E-state index in [1.165, 1.54) is 0 Å². The maximum Gasteiger partial charge on any atom is 0.283 e. The predicted molar refractivity (Wildman–Crippen MR) is 61.5 cm³/mol. The number of hydrogen-bond donors (Lipinski definition) is 0. The van der Waals surface area contributed by atoms with Crippen LogP contribution in [0.25, 0.3) is 0 Å². The lowest BCUT2D eigenvalue weighted by molar-refractivity contribution is -0.0286. The molecule has 0 spiro atoms. The molecular weight excluding hydrogens is 242 g/mol. The van der Waals surface area contributed by atoms with E-state index in [1.807, 2.05) is 0 Å². The van der Waals surface area contributed by atoms with E-state index in [0.29, 0.717) is 19.1 Å². The largest absolute Gasteiger partial charge is 0.336 e. The van der Waals surface area contributed by atoms with Crippen LogP contribution >= 0.6 is 0 Å². The van der Waals surface area contributed by atoms with Crippen molar-refractivity contribution < 1.29 is 13.3 Å². The Bertz CT molecular complexity index is 475. The molecule has 17 heavy (non-hydrogen) atoms. The van der Waals surface area contributed by atoms with Gasteiger partial charge in [-0.1, -0.05) is 18.3 Å². The lowest BCUT2D eigenvalue weighted by atomic mass is 10.2. The van der Waals surface area contributed by atoms with Crippen LogP contribution in [0.4, 0.5) is 0 Å². The molecule has 0 radical (unpaired) electrons. The van der Waals surface area contributed by atoms with Crippen molar-refractivity contribution in [2.45, 2.75) is 31.8 Å². The molecule has 1 aliphatic rings. The van der Waals surface area contributed by atoms with E-state index < -0.39 is 10.0 Å². The molecule has 0 bridgehead atoms. The third kappa shape index (κ3) is 2.67. The molecule has 0 N–H and O–H groups in total. The number of aromatic nitrogens is 2. The minimum absolute atomic E-state index is 0.0556. The van der Waals surface area contributed by atoms with Gasteiger partial charge in [-0.05, 0) is 12.3 Å². The van der Waals surface area contributed by atoms with Gasteiger partial charge in [0, 0.05) is 19.3 Å². The average molecular weight is 259 g/mol. The third-order valence-electron chi connectivity index (χ3n) is 2.44. The number of imidazole rings is 1. The monoisotopic (exact) mass is 259 g/mol. The highest BCUT2D eigenvalue weighted by Gasteiger charge is 2.30. The van der Waals surface area contributed by atoms with Gasteiger partial charge in [-0.3, -0.25) is 4.84 Å². The highest BCUT2D eigenvalue weighted by molar-refractivity contribution is 7.88. The molecule has 1 aromatic rings. The first-order valence-corrected chi connectivity index (χ1v) is 7.11. The molecule has 96 valence electrons. The summed E-state index contributed by atoms with van der Waals surface area (Å²) >= 11 is 0. The number of hydrogen-bond acceptors (Lipinski definition) is 4. The molecule has 7 heteroatoms. The zero-order valence-corrected chi connectivity index (χ0v) is 10.9. The highest BCUT2D eigenvalue weighted by Crippen LogP contribution is 2.18. The molecule has 6 nitrogen and oxygen atoms in total. The maximum atomic E-state index is 12.1. The van der Waals surface area contributed by atoms with Crippen LogP contribution < -0.4 is 0 Å². The van der Waals surface area contributed by atoms with Crippen molar-refractivity contribution in [3.63, 3.8) is 0 Å². The Labute approximate surface area is 101 Å². The van der Waals surface area contributed by atoms with E-state index in [2.05, 4.69) is 18.8 Å². The molecule has 0 unspecified atom stereocenters. The molecular formula is C10H17N3O3S. The maximum absolute atomic E-state index is 12.1. The molecule has 0 aromatic carbocycles. The molecule has 2 heterocycles. The van der Waals surface area contributed by atoms with Crippen molar-refractivity contribution in [1.29, 1.82) is 0 Å². The van der Waals surface area contributed by atoms with Crippen LogP contribution in [0.1, 0.15) is 20.3 Å². The minimum Gasteiger partial charge on any atom is -0.336 e. The summed E-state index contributed by atoms with van der Waals surface area (Å²) in [6, 6.07) is 0. The van der Waals surface area contributed by atoms with Crippen LogP contribution in [0.15, 0.2) is 17.6 Å². The zero-order chi connectivity index (χ0) is 12.5.